The third-order valence-corrected chi connectivity index (χ3v) is 4.84. The average molecular weight is 454 g/mol. The molecule has 0 atom stereocenters. The highest BCUT2D eigenvalue weighted by atomic mass is 79.9. The van der Waals surface area contributed by atoms with Crippen LogP contribution in [0.5, 0.6) is 11.5 Å². The van der Waals surface area contributed by atoms with E-state index in [0.717, 1.165) is 5.56 Å². The molecule has 0 radical (unpaired) electrons. The van der Waals surface area contributed by atoms with Gasteiger partial charge in [0.15, 0.2) is 11.5 Å². The zero-order valence-electron chi connectivity index (χ0n) is 15.5. The maximum absolute atomic E-state index is 14.3. The van der Waals surface area contributed by atoms with Gasteiger partial charge in [-0.05, 0) is 29.8 Å². The number of aromatic nitrogens is 2. The molecule has 4 aromatic rings. The van der Waals surface area contributed by atoms with E-state index in [4.69, 9.17) is 9.47 Å². The fourth-order valence-corrected chi connectivity index (χ4v) is 3.22. The Hall–Kier alpha value is -3.19. The monoisotopic (exact) mass is 453 g/mol. The van der Waals surface area contributed by atoms with Gasteiger partial charge in [-0.2, -0.15) is 0 Å². The van der Waals surface area contributed by atoms with Crippen LogP contribution in [0.15, 0.2) is 71.5 Å². The molecule has 0 unspecified atom stereocenters. The minimum absolute atomic E-state index is 0.316. The number of hydrogen-bond donors (Lipinski definition) is 1. The second-order valence-corrected chi connectivity index (χ2v) is 7.18. The predicted octanol–water partition coefficient (Wildman–Crippen LogP) is 5.86. The van der Waals surface area contributed by atoms with Crippen molar-refractivity contribution in [2.24, 2.45) is 0 Å². The molecule has 0 aliphatic rings. The predicted molar refractivity (Wildman–Crippen MR) is 114 cm³/mol. The Morgan fingerprint density at radius 3 is 2.59 bits per heavy atom. The lowest BCUT2D eigenvalue weighted by molar-refractivity contribution is 0.285. The Morgan fingerprint density at radius 2 is 1.83 bits per heavy atom. The summed E-state index contributed by atoms with van der Waals surface area (Å²) in [6, 6.07) is 18.2. The lowest BCUT2D eigenvalue weighted by Gasteiger charge is -2.14. The summed E-state index contributed by atoms with van der Waals surface area (Å²) in [7, 11) is 1.58. The van der Waals surface area contributed by atoms with Crippen LogP contribution in [0, 0.1) is 5.82 Å². The summed E-state index contributed by atoms with van der Waals surface area (Å²) in [5.41, 5.74) is 2.01. The van der Waals surface area contributed by atoms with Crippen LogP contribution in [0.2, 0.25) is 0 Å². The molecule has 3 aromatic carbocycles. The highest BCUT2D eigenvalue weighted by molar-refractivity contribution is 9.10. The molecule has 1 N–H and O–H groups in total. The molecule has 0 saturated heterocycles. The first-order chi connectivity index (χ1) is 14.1. The first-order valence-electron chi connectivity index (χ1n) is 8.85. The van der Waals surface area contributed by atoms with E-state index in [0.29, 0.717) is 45.0 Å². The second kappa shape index (κ2) is 8.45. The lowest BCUT2D eigenvalue weighted by Crippen LogP contribution is -2.01. The van der Waals surface area contributed by atoms with Crippen LogP contribution in [-0.4, -0.2) is 17.1 Å². The van der Waals surface area contributed by atoms with Crippen molar-refractivity contribution in [2.45, 2.75) is 6.61 Å². The van der Waals surface area contributed by atoms with Gasteiger partial charge in [-0.3, -0.25) is 0 Å². The van der Waals surface area contributed by atoms with Crippen LogP contribution >= 0.6 is 15.9 Å². The highest BCUT2D eigenvalue weighted by Crippen LogP contribution is 2.35. The number of nitrogens with zero attached hydrogens (tertiary/aromatic N) is 2. The number of halogens is 2. The Morgan fingerprint density at radius 1 is 1.00 bits per heavy atom. The number of benzene rings is 3. The quantitative estimate of drug-likeness (QED) is 0.396. The minimum atomic E-state index is -0.389. The van der Waals surface area contributed by atoms with Gasteiger partial charge in [0.05, 0.1) is 18.3 Å². The van der Waals surface area contributed by atoms with E-state index in [-0.39, 0.29) is 5.82 Å². The third-order valence-electron chi connectivity index (χ3n) is 4.34. The number of rotatable bonds is 6. The van der Waals surface area contributed by atoms with E-state index in [2.05, 4.69) is 31.2 Å². The normalized spacial score (nSPS) is 10.7. The molecule has 1 aromatic heterocycles. The molecular formula is C22H17BrFN3O2. The summed E-state index contributed by atoms with van der Waals surface area (Å²) >= 11 is 3.26. The van der Waals surface area contributed by atoms with Gasteiger partial charge in [-0.25, -0.2) is 14.4 Å². The number of ether oxygens (including phenoxy) is 2. The van der Waals surface area contributed by atoms with Gasteiger partial charge < -0.3 is 14.8 Å². The summed E-state index contributed by atoms with van der Waals surface area (Å²) in [5.74, 6) is 1.20. The molecule has 0 amide bonds. The maximum Gasteiger partial charge on any atom is 0.162 e. The Labute approximate surface area is 175 Å². The lowest BCUT2D eigenvalue weighted by atomic mass is 10.2. The SMILES string of the molecule is COc1cc2ncnc(Nc3ccc(Br)cc3F)c2cc1OCc1ccccc1. The van der Waals surface area contributed by atoms with Crippen molar-refractivity contribution in [3.63, 3.8) is 0 Å². The van der Waals surface area contributed by atoms with Crippen LogP contribution in [0.4, 0.5) is 15.9 Å². The molecule has 0 saturated carbocycles. The summed E-state index contributed by atoms with van der Waals surface area (Å²) in [6.07, 6.45) is 1.42. The van der Waals surface area contributed by atoms with Gasteiger partial charge in [0.1, 0.15) is 24.6 Å². The van der Waals surface area contributed by atoms with Gasteiger partial charge in [-0.15, -0.1) is 0 Å². The smallest absolute Gasteiger partial charge is 0.162 e. The number of anilines is 2. The first-order valence-corrected chi connectivity index (χ1v) is 9.65. The molecular weight excluding hydrogens is 437 g/mol. The molecule has 0 bridgehead atoms. The highest BCUT2D eigenvalue weighted by Gasteiger charge is 2.13. The van der Waals surface area contributed by atoms with Crippen LogP contribution in [0.25, 0.3) is 10.9 Å². The van der Waals surface area contributed by atoms with E-state index < -0.39 is 0 Å². The van der Waals surface area contributed by atoms with Crippen LogP contribution in [-0.2, 0) is 6.61 Å². The number of nitrogens with one attached hydrogen (secondary N) is 1. The molecule has 4 rings (SSSR count). The molecule has 29 heavy (non-hydrogen) atoms. The van der Waals surface area contributed by atoms with Crippen molar-refractivity contribution in [1.29, 1.82) is 0 Å². The van der Waals surface area contributed by atoms with Gasteiger partial charge in [-0.1, -0.05) is 46.3 Å². The number of hydrogen-bond acceptors (Lipinski definition) is 5. The van der Waals surface area contributed by atoms with E-state index in [1.54, 1.807) is 31.4 Å². The van der Waals surface area contributed by atoms with Crippen molar-refractivity contribution in [2.75, 3.05) is 12.4 Å². The minimum Gasteiger partial charge on any atom is -0.493 e. The van der Waals surface area contributed by atoms with Crippen molar-refractivity contribution in [1.82, 2.24) is 9.97 Å². The molecule has 5 nitrogen and oxygen atoms in total. The van der Waals surface area contributed by atoms with Crippen molar-refractivity contribution in [3.8, 4) is 11.5 Å². The fourth-order valence-electron chi connectivity index (χ4n) is 2.89. The Bertz CT molecular complexity index is 1160. The summed E-state index contributed by atoms with van der Waals surface area (Å²) < 4.78 is 26.4. The molecule has 0 fully saturated rings. The van der Waals surface area contributed by atoms with Crippen molar-refractivity contribution < 1.29 is 13.9 Å². The third kappa shape index (κ3) is 4.30. The Balaban J connectivity index is 1.70. The molecule has 0 aliphatic carbocycles. The standard InChI is InChI=1S/C22H17BrFN3O2/c1-28-20-11-19-16(10-21(20)29-12-14-5-3-2-4-6-14)22(26-13-25-19)27-18-8-7-15(23)9-17(18)24/h2-11,13H,12H2,1H3,(H,25,26,27). The van der Waals surface area contributed by atoms with E-state index in [1.807, 2.05) is 30.3 Å². The van der Waals surface area contributed by atoms with Gasteiger partial charge in [0.2, 0.25) is 0 Å². The zero-order chi connectivity index (χ0) is 20.2. The molecule has 1 heterocycles. The molecule has 0 spiro atoms. The average Bonchev–Trinajstić information content (AvgIpc) is 2.74. The number of methoxy groups -OCH3 is 1. The van der Waals surface area contributed by atoms with Crippen molar-refractivity contribution in [3.05, 3.63) is 82.8 Å². The molecule has 7 heteroatoms. The number of fused-ring (bicyclic) bond motifs is 1. The second-order valence-electron chi connectivity index (χ2n) is 6.27. The maximum atomic E-state index is 14.3. The van der Waals surface area contributed by atoms with Crippen molar-refractivity contribution >= 4 is 38.3 Å². The Kier molecular flexibility index (Phi) is 5.57. The van der Waals surface area contributed by atoms with Crippen LogP contribution in [0.1, 0.15) is 5.56 Å². The summed E-state index contributed by atoms with van der Waals surface area (Å²) in [6.45, 7) is 0.389. The first kappa shape index (κ1) is 19.1. The van der Waals surface area contributed by atoms with Gasteiger partial charge in [0.25, 0.3) is 0 Å². The zero-order valence-corrected chi connectivity index (χ0v) is 17.1. The van der Waals surface area contributed by atoms with Gasteiger partial charge in [0, 0.05) is 15.9 Å². The van der Waals surface area contributed by atoms with Gasteiger partial charge >= 0.3 is 0 Å². The fraction of sp³-hybridized carbons (Fsp3) is 0.0909. The topological polar surface area (TPSA) is 56.3 Å². The summed E-state index contributed by atoms with van der Waals surface area (Å²) in [4.78, 5) is 8.58. The molecule has 146 valence electrons. The van der Waals surface area contributed by atoms with Crippen LogP contribution < -0.4 is 14.8 Å². The van der Waals surface area contributed by atoms with Crippen LogP contribution in [0.3, 0.4) is 0 Å². The van der Waals surface area contributed by atoms with E-state index in [9.17, 15) is 4.39 Å². The van der Waals surface area contributed by atoms with E-state index >= 15 is 0 Å². The summed E-state index contributed by atoms with van der Waals surface area (Å²) in [5, 5.41) is 3.73. The molecule has 0 aliphatic heterocycles. The largest absolute Gasteiger partial charge is 0.493 e. The van der Waals surface area contributed by atoms with E-state index in [1.165, 1.54) is 12.4 Å².